The van der Waals surface area contributed by atoms with E-state index >= 15 is 0 Å². The van der Waals surface area contributed by atoms with E-state index in [9.17, 15) is 13.2 Å². The molecule has 0 aromatic carbocycles. The number of nitrogens with one attached hydrogen (secondary N) is 1. The largest absolute Gasteiger partial charge is 0.393 e. The predicted molar refractivity (Wildman–Crippen MR) is 35.0 cm³/mol. The van der Waals surface area contributed by atoms with E-state index in [1.165, 1.54) is 0 Å². The number of hydrogen-bond donors (Lipinski definition) is 2. The maximum Gasteiger partial charge on any atom is 0.393 e. The molecule has 3 N–H and O–H groups in total. The minimum absolute atomic E-state index is 0.102. The summed E-state index contributed by atoms with van der Waals surface area (Å²) < 4.78 is 36.3. The van der Waals surface area contributed by atoms with Gasteiger partial charge in [0.15, 0.2) is 0 Å². The van der Waals surface area contributed by atoms with Gasteiger partial charge in [-0.05, 0) is 13.0 Å². The Morgan fingerprint density at radius 2 is 2.00 bits per heavy atom. The summed E-state index contributed by atoms with van der Waals surface area (Å²) in [5, 5.41) is 2.81. The number of halogens is 3. The van der Waals surface area contributed by atoms with E-state index < -0.39 is 18.1 Å². The molecule has 2 nitrogen and oxygen atoms in total. The van der Waals surface area contributed by atoms with Crippen molar-refractivity contribution in [2.45, 2.75) is 18.6 Å². The standard InChI is InChI=1S/C6H11F3N2/c7-6(8,9)4-1-2-11-3-5(4)10/h4-5,11H,1-3,10H2. The third-order valence-corrected chi connectivity index (χ3v) is 1.95. The molecule has 2 unspecified atom stereocenters. The number of rotatable bonds is 0. The molecule has 0 aromatic heterocycles. The average molecular weight is 168 g/mol. The minimum Gasteiger partial charge on any atom is -0.326 e. The first-order chi connectivity index (χ1) is 5.02. The van der Waals surface area contributed by atoms with Crippen LogP contribution >= 0.6 is 0 Å². The van der Waals surface area contributed by atoms with Crippen LogP contribution in [0.2, 0.25) is 0 Å². The Hall–Kier alpha value is -0.290. The Bertz CT molecular complexity index is 134. The predicted octanol–water partition coefficient (Wildman–Crippen LogP) is 0.485. The smallest absolute Gasteiger partial charge is 0.326 e. The molecule has 1 aliphatic heterocycles. The van der Waals surface area contributed by atoms with E-state index in [1.807, 2.05) is 0 Å². The second-order valence-corrected chi connectivity index (χ2v) is 2.80. The van der Waals surface area contributed by atoms with Crippen molar-refractivity contribution < 1.29 is 13.2 Å². The summed E-state index contributed by atoms with van der Waals surface area (Å²) in [6, 6.07) is -0.774. The van der Waals surface area contributed by atoms with Crippen LogP contribution in [-0.2, 0) is 0 Å². The van der Waals surface area contributed by atoms with Crippen LogP contribution in [-0.4, -0.2) is 25.3 Å². The van der Waals surface area contributed by atoms with Crippen molar-refractivity contribution in [2.24, 2.45) is 11.7 Å². The molecule has 0 spiro atoms. The van der Waals surface area contributed by atoms with Gasteiger partial charge in [0.05, 0.1) is 5.92 Å². The van der Waals surface area contributed by atoms with E-state index in [0.29, 0.717) is 6.54 Å². The first-order valence-corrected chi connectivity index (χ1v) is 3.55. The Balaban J connectivity index is 2.55. The Kier molecular flexibility index (Phi) is 2.39. The molecule has 5 heteroatoms. The van der Waals surface area contributed by atoms with Crippen LogP contribution in [0.1, 0.15) is 6.42 Å². The summed E-state index contributed by atoms with van der Waals surface area (Å²) in [7, 11) is 0. The zero-order valence-corrected chi connectivity index (χ0v) is 5.99. The number of alkyl halides is 3. The fourth-order valence-electron chi connectivity index (χ4n) is 1.29. The lowest BCUT2D eigenvalue weighted by Gasteiger charge is -2.30. The summed E-state index contributed by atoms with van der Waals surface area (Å²) in [5.74, 6) is -1.32. The first-order valence-electron chi connectivity index (χ1n) is 3.55. The molecule has 11 heavy (non-hydrogen) atoms. The van der Waals surface area contributed by atoms with Gasteiger partial charge in [-0.25, -0.2) is 0 Å². The quantitative estimate of drug-likeness (QED) is 0.552. The van der Waals surface area contributed by atoms with Crippen molar-refractivity contribution >= 4 is 0 Å². The van der Waals surface area contributed by atoms with Gasteiger partial charge in [-0.3, -0.25) is 0 Å². The maximum atomic E-state index is 12.1. The molecular weight excluding hydrogens is 157 g/mol. The second kappa shape index (κ2) is 2.98. The highest BCUT2D eigenvalue weighted by atomic mass is 19.4. The average Bonchev–Trinajstić information content (AvgIpc) is 1.86. The van der Waals surface area contributed by atoms with Crippen molar-refractivity contribution in [1.29, 1.82) is 0 Å². The molecule has 0 bridgehead atoms. The normalized spacial score (nSPS) is 33.8. The van der Waals surface area contributed by atoms with Gasteiger partial charge in [0, 0.05) is 12.6 Å². The topological polar surface area (TPSA) is 38.0 Å². The summed E-state index contributed by atoms with van der Waals surface area (Å²) in [6.45, 7) is 0.683. The van der Waals surface area contributed by atoms with Crippen molar-refractivity contribution in [3.63, 3.8) is 0 Å². The molecule has 2 atom stereocenters. The molecule has 0 saturated carbocycles. The van der Waals surface area contributed by atoms with Crippen molar-refractivity contribution in [2.75, 3.05) is 13.1 Å². The van der Waals surface area contributed by atoms with Crippen molar-refractivity contribution in [1.82, 2.24) is 5.32 Å². The third kappa shape index (κ3) is 2.07. The highest BCUT2D eigenvalue weighted by Crippen LogP contribution is 2.31. The molecule has 0 amide bonds. The monoisotopic (exact) mass is 168 g/mol. The van der Waals surface area contributed by atoms with Crippen LogP contribution in [0.25, 0.3) is 0 Å². The number of nitrogens with two attached hydrogens (primary N) is 1. The Morgan fingerprint density at radius 3 is 2.36 bits per heavy atom. The van der Waals surface area contributed by atoms with Gasteiger partial charge in [0.25, 0.3) is 0 Å². The van der Waals surface area contributed by atoms with Crippen LogP contribution in [0.15, 0.2) is 0 Å². The summed E-state index contributed by atoms with van der Waals surface area (Å²) >= 11 is 0. The lowest BCUT2D eigenvalue weighted by molar-refractivity contribution is -0.184. The zero-order valence-electron chi connectivity index (χ0n) is 5.99. The molecule has 1 aliphatic rings. The lowest BCUT2D eigenvalue weighted by atomic mass is 9.93. The fourth-order valence-corrected chi connectivity index (χ4v) is 1.29. The van der Waals surface area contributed by atoms with Crippen LogP contribution in [0.3, 0.4) is 0 Å². The van der Waals surface area contributed by atoms with E-state index in [0.717, 1.165) is 0 Å². The summed E-state index contributed by atoms with van der Waals surface area (Å²) in [4.78, 5) is 0. The second-order valence-electron chi connectivity index (χ2n) is 2.80. The maximum absolute atomic E-state index is 12.1. The van der Waals surface area contributed by atoms with E-state index in [2.05, 4.69) is 5.32 Å². The number of piperidine rings is 1. The van der Waals surface area contributed by atoms with Crippen LogP contribution in [0.4, 0.5) is 13.2 Å². The molecule has 66 valence electrons. The van der Waals surface area contributed by atoms with Crippen LogP contribution < -0.4 is 11.1 Å². The van der Waals surface area contributed by atoms with Gasteiger partial charge in [-0.1, -0.05) is 0 Å². The van der Waals surface area contributed by atoms with Gasteiger partial charge in [-0.2, -0.15) is 13.2 Å². The van der Waals surface area contributed by atoms with Crippen molar-refractivity contribution in [3.05, 3.63) is 0 Å². The molecule has 0 aromatic rings. The molecule has 1 heterocycles. The van der Waals surface area contributed by atoms with E-state index in [1.54, 1.807) is 0 Å². The lowest BCUT2D eigenvalue weighted by Crippen LogP contribution is -2.51. The van der Waals surface area contributed by atoms with E-state index in [-0.39, 0.29) is 13.0 Å². The SMILES string of the molecule is NC1CNCCC1C(F)(F)F. The van der Waals surface area contributed by atoms with Gasteiger partial charge >= 0.3 is 6.18 Å². The molecular formula is C6H11F3N2. The van der Waals surface area contributed by atoms with Crippen molar-refractivity contribution in [3.8, 4) is 0 Å². The van der Waals surface area contributed by atoms with Crippen LogP contribution in [0.5, 0.6) is 0 Å². The van der Waals surface area contributed by atoms with E-state index in [4.69, 9.17) is 5.73 Å². The highest BCUT2D eigenvalue weighted by molar-refractivity contribution is 4.85. The zero-order chi connectivity index (χ0) is 8.48. The minimum atomic E-state index is -4.12. The molecule has 0 radical (unpaired) electrons. The molecule has 0 aliphatic carbocycles. The van der Waals surface area contributed by atoms with Gasteiger partial charge in [-0.15, -0.1) is 0 Å². The summed E-state index contributed by atoms with van der Waals surface area (Å²) in [5.41, 5.74) is 5.28. The fraction of sp³-hybridized carbons (Fsp3) is 1.00. The third-order valence-electron chi connectivity index (χ3n) is 1.95. The Morgan fingerprint density at radius 1 is 1.36 bits per heavy atom. The molecule has 1 fully saturated rings. The molecule has 1 saturated heterocycles. The molecule has 1 rings (SSSR count). The van der Waals surface area contributed by atoms with Gasteiger partial charge in [0.1, 0.15) is 0 Å². The van der Waals surface area contributed by atoms with Crippen LogP contribution in [0, 0.1) is 5.92 Å². The van der Waals surface area contributed by atoms with Gasteiger partial charge in [0.2, 0.25) is 0 Å². The van der Waals surface area contributed by atoms with Gasteiger partial charge < -0.3 is 11.1 Å². The highest BCUT2D eigenvalue weighted by Gasteiger charge is 2.43. The number of hydrogen-bond acceptors (Lipinski definition) is 2. The Labute approximate surface area is 62.9 Å². The summed E-state index contributed by atoms with van der Waals surface area (Å²) in [6.07, 6.45) is -4.02. The first kappa shape index (κ1) is 8.80.